The number of anilines is 1. The molecule has 9 heteroatoms. The van der Waals surface area contributed by atoms with E-state index in [1.54, 1.807) is 29.0 Å². The fourth-order valence-corrected chi connectivity index (χ4v) is 3.60. The van der Waals surface area contributed by atoms with Gasteiger partial charge >= 0.3 is 0 Å². The van der Waals surface area contributed by atoms with Crippen LogP contribution in [0.15, 0.2) is 47.2 Å². The molecule has 2 aromatic heterocycles. The number of rotatable bonds is 6. The molecule has 1 aromatic carbocycles. The molecule has 0 saturated heterocycles. The van der Waals surface area contributed by atoms with Crippen molar-refractivity contribution in [3.8, 4) is 6.07 Å². The Labute approximate surface area is 162 Å². The summed E-state index contributed by atoms with van der Waals surface area (Å²) >= 11 is 2.51. The third-order valence-corrected chi connectivity index (χ3v) is 5.18. The smallest absolute Gasteiger partial charge is 0.267 e. The van der Waals surface area contributed by atoms with Gasteiger partial charge < -0.3 is 5.32 Å². The van der Waals surface area contributed by atoms with Crippen LogP contribution in [0.4, 0.5) is 9.52 Å². The number of carbonyl (C=O) groups excluding carboxylic acids is 2. The van der Waals surface area contributed by atoms with E-state index in [-0.39, 0.29) is 17.9 Å². The summed E-state index contributed by atoms with van der Waals surface area (Å²) in [5, 5.41) is 18.2. The van der Waals surface area contributed by atoms with Gasteiger partial charge in [-0.2, -0.15) is 5.26 Å². The number of amides is 2. The molecule has 0 aliphatic carbocycles. The van der Waals surface area contributed by atoms with Crippen molar-refractivity contribution < 1.29 is 14.0 Å². The Hall–Kier alpha value is -3.09. The Morgan fingerprint density at radius 3 is 2.74 bits per heavy atom. The van der Waals surface area contributed by atoms with Gasteiger partial charge in [-0.15, -0.1) is 22.7 Å². The first kappa shape index (κ1) is 18.7. The summed E-state index contributed by atoms with van der Waals surface area (Å²) in [5.74, 6) is -1.29. The van der Waals surface area contributed by atoms with E-state index in [9.17, 15) is 19.2 Å². The normalized spacial score (nSPS) is 11.4. The molecule has 2 N–H and O–H groups in total. The van der Waals surface area contributed by atoms with Crippen molar-refractivity contribution in [1.82, 2.24) is 10.3 Å². The monoisotopic (exact) mass is 400 g/mol. The average Bonchev–Trinajstić information content (AvgIpc) is 3.32. The fraction of sp³-hybridized carbons (Fsp3) is 0.111. The molecule has 0 bridgehead atoms. The van der Waals surface area contributed by atoms with Gasteiger partial charge in [-0.1, -0.05) is 24.3 Å². The second-order valence-electron chi connectivity index (χ2n) is 5.40. The minimum atomic E-state index is -1.09. The number of aromatic nitrogens is 1. The first-order chi connectivity index (χ1) is 13.1. The van der Waals surface area contributed by atoms with E-state index in [1.165, 1.54) is 40.9 Å². The van der Waals surface area contributed by atoms with Crippen LogP contribution in [0.2, 0.25) is 0 Å². The average molecular weight is 400 g/mol. The zero-order valence-corrected chi connectivity index (χ0v) is 15.4. The predicted molar refractivity (Wildman–Crippen MR) is 101 cm³/mol. The standard InChI is InChI=1S/C18H13FN4O2S2/c19-13-5-2-1-4-12(13)14(9-20)22-16(24)8-11-10-27-18(21-11)23-17(25)15-6-3-7-26-15/h1-7,10,14H,8H2,(H,22,24)(H,21,23,25). The Bertz CT molecular complexity index is 995. The highest BCUT2D eigenvalue weighted by Crippen LogP contribution is 2.19. The van der Waals surface area contributed by atoms with Crippen LogP contribution in [0.1, 0.15) is 27.0 Å². The zero-order chi connectivity index (χ0) is 19.2. The molecular weight excluding hydrogens is 387 g/mol. The topological polar surface area (TPSA) is 94.9 Å². The number of thiazole rings is 1. The van der Waals surface area contributed by atoms with Gasteiger partial charge in [-0.3, -0.25) is 14.9 Å². The van der Waals surface area contributed by atoms with Crippen molar-refractivity contribution in [3.05, 3.63) is 69.1 Å². The van der Waals surface area contributed by atoms with Gasteiger partial charge in [0.05, 0.1) is 23.1 Å². The van der Waals surface area contributed by atoms with Crippen molar-refractivity contribution in [1.29, 1.82) is 5.26 Å². The minimum absolute atomic E-state index is 0.0853. The van der Waals surface area contributed by atoms with E-state index in [0.29, 0.717) is 15.7 Å². The largest absolute Gasteiger partial charge is 0.336 e. The number of hydrogen-bond acceptors (Lipinski definition) is 6. The molecule has 0 saturated carbocycles. The summed E-state index contributed by atoms with van der Waals surface area (Å²) in [6.07, 6.45) is -0.0853. The second kappa shape index (κ2) is 8.53. The maximum atomic E-state index is 13.8. The van der Waals surface area contributed by atoms with Crippen molar-refractivity contribution >= 4 is 39.6 Å². The molecule has 0 fully saturated rings. The molecule has 136 valence electrons. The highest BCUT2D eigenvalue weighted by molar-refractivity contribution is 7.14. The Balaban J connectivity index is 1.60. The predicted octanol–water partition coefficient (Wildman–Crippen LogP) is 3.52. The maximum Gasteiger partial charge on any atom is 0.267 e. The summed E-state index contributed by atoms with van der Waals surface area (Å²) in [5.41, 5.74) is 0.555. The van der Waals surface area contributed by atoms with Crippen molar-refractivity contribution in [2.24, 2.45) is 0 Å². The van der Waals surface area contributed by atoms with Gasteiger partial charge in [0.1, 0.15) is 11.9 Å². The maximum absolute atomic E-state index is 13.8. The number of nitrogens with zero attached hydrogens (tertiary/aromatic N) is 2. The molecule has 0 spiro atoms. The minimum Gasteiger partial charge on any atom is -0.336 e. The zero-order valence-electron chi connectivity index (χ0n) is 13.8. The molecular formula is C18H13FN4O2S2. The molecule has 2 amide bonds. The third-order valence-electron chi connectivity index (χ3n) is 3.51. The Morgan fingerprint density at radius 1 is 1.22 bits per heavy atom. The van der Waals surface area contributed by atoms with Crippen molar-refractivity contribution in [3.63, 3.8) is 0 Å². The van der Waals surface area contributed by atoms with E-state index in [1.807, 2.05) is 6.07 Å². The molecule has 2 heterocycles. The van der Waals surface area contributed by atoms with E-state index < -0.39 is 17.8 Å². The van der Waals surface area contributed by atoms with Crippen LogP contribution in [-0.2, 0) is 11.2 Å². The van der Waals surface area contributed by atoms with E-state index in [2.05, 4.69) is 15.6 Å². The molecule has 1 unspecified atom stereocenters. The number of carbonyl (C=O) groups is 2. The van der Waals surface area contributed by atoms with E-state index >= 15 is 0 Å². The van der Waals surface area contributed by atoms with Crippen LogP contribution < -0.4 is 10.6 Å². The quantitative estimate of drug-likeness (QED) is 0.662. The summed E-state index contributed by atoms with van der Waals surface area (Å²) in [7, 11) is 0. The first-order valence-corrected chi connectivity index (χ1v) is 9.55. The SMILES string of the molecule is N#CC(NC(=O)Cc1csc(NC(=O)c2cccs2)n1)c1ccccc1F. The molecule has 0 aliphatic rings. The number of nitriles is 1. The van der Waals surface area contributed by atoms with Crippen molar-refractivity contribution in [2.45, 2.75) is 12.5 Å². The summed E-state index contributed by atoms with van der Waals surface area (Å²) in [4.78, 5) is 28.9. The molecule has 3 rings (SSSR count). The first-order valence-electron chi connectivity index (χ1n) is 7.79. The highest BCUT2D eigenvalue weighted by atomic mass is 32.1. The van der Waals surface area contributed by atoms with E-state index in [4.69, 9.17) is 0 Å². The third kappa shape index (κ3) is 4.75. The number of hydrogen-bond donors (Lipinski definition) is 2. The van der Waals surface area contributed by atoms with Crippen LogP contribution in [0.3, 0.4) is 0 Å². The molecule has 0 aliphatic heterocycles. The van der Waals surface area contributed by atoms with Crippen LogP contribution >= 0.6 is 22.7 Å². The van der Waals surface area contributed by atoms with Crippen LogP contribution in [0.5, 0.6) is 0 Å². The Morgan fingerprint density at radius 2 is 2.04 bits per heavy atom. The molecule has 3 aromatic rings. The van der Waals surface area contributed by atoms with Gasteiger partial charge in [-0.25, -0.2) is 9.37 Å². The fourth-order valence-electron chi connectivity index (χ4n) is 2.28. The molecule has 0 radical (unpaired) electrons. The number of thiophene rings is 1. The number of halogens is 1. The Kier molecular flexibility index (Phi) is 5.90. The highest BCUT2D eigenvalue weighted by Gasteiger charge is 2.18. The summed E-state index contributed by atoms with van der Waals surface area (Å²) in [6.45, 7) is 0. The second-order valence-corrected chi connectivity index (χ2v) is 7.21. The summed E-state index contributed by atoms with van der Waals surface area (Å²) in [6, 6.07) is 10.1. The van der Waals surface area contributed by atoms with E-state index in [0.717, 1.165) is 0 Å². The van der Waals surface area contributed by atoms with Crippen LogP contribution in [0.25, 0.3) is 0 Å². The lowest BCUT2D eigenvalue weighted by atomic mass is 10.1. The van der Waals surface area contributed by atoms with Gasteiger partial charge in [0, 0.05) is 10.9 Å². The lowest BCUT2D eigenvalue weighted by molar-refractivity contribution is -0.120. The van der Waals surface area contributed by atoms with Crippen LogP contribution in [-0.4, -0.2) is 16.8 Å². The molecule has 6 nitrogen and oxygen atoms in total. The number of nitrogens with one attached hydrogen (secondary N) is 2. The number of benzene rings is 1. The van der Waals surface area contributed by atoms with Gasteiger partial charge in [0.25, 0.3) is 5.91 Å². The van der Waals surface area contributed by atoms with Gasteiger partial charge in [0.2, 0.25) is 5.91 Å². The van der Waals surface area contributed by atoms with Crippen molar-refractivity contribution in [2.75, 3.05) is 5.32 Å². The van der Waals surface area contributed by atoms with Gasteiger partial charge in [-0.05, 0) is 17.5 Å². The molecule has 27 heavy (non-hydrogen) atoms. The summed E-state index contributed by atoms with van der Waals surface area (Å²) < 4.78 is 13.8. The molecule has 1 atom stereocenters. The lowest BCUT2D eigenvalue weighted by Gasteiger charge is -2.12. The van der Waals surface area contributed by atoms with Gasteiger partial charge in [0.15, 0.2) is 5.13 Å². The lowest BCUT2D eigenvalue weighted by Crippen LogP contribution is -2.29. The van der Waals surface area contributed by atoms with Crippen LogP contribution in [0, 0.1) is 17.1 Å².